The minimum atomic E-state index is -0.264. The van der Waals surface area contributed by atoms with Gasteiger partial charge in [0.25, 0.3) is 6.92 Å². The van der Waals surface area contributed by atoms with Crippen LogP contribution in [0, 0.1) is 12.3 Å². The third-order valence-electron chi connectivity index (χ3n) is 3.10. The molecule has 138 valence electrons. The van der Waals surface area contributed by atoms with Crippen molar-refractivity contribution in [3.8, 4) is 12.3 Å². The summed E-state index contributed by atoms with van der Waals surface area (Å²) in [4.78, 5) is 11.3. The monoisotopic (exact) mass is 342 g/mol. The summed E-state index contributed by atoms with van der Waals surface area (Å²) in [6.07, 6.45) is 8.04. The lowest BCUT2D eigenvalue weighted by Gasteiger charge is -2.07. The Bertz CT molecular complexity index is 330. The number of hydrogen-bond donors (Lipinski definition) is 1. The molecule has 0 amide bonds. The van der Waals surface area contributed by atoms with Gasteiger partial charge in [0.15, 0.2) is 0 Å². The van der Waals surface area contributed by atoms with Gasteiger partial charge in [0, 0.05) is 25.9 Å². The zero-order chi connectivity index (χ0) is 17.9. The lowest BCUT2D eigenvalue weighted by atomic mass is 9.67. The first kappa shape index (κ1) is 23.1. The smallest absolute Gasteiger partial charge is 0.285 e. The Balaban J connectivity index is 3.08. The van der Waals surface area contributed by atoms with Crippen LogP contribution in [0.5, 0.6) is 0 Å². The molecule has 0 fully saturated rings. The minimum absolute atomic E-state index is 0.135. The van der Waals surface area contributed by atoms with Crippen LogP contribution in [-0.2, 0) is 23.7 Å². The van der Waals surface area contributed by atoms with Gasteiger partial charge in [-0.1, -0.05) is 6.82 Å². The zero-order valence-corrected chi connectivity index (χ0v) is 14.8. The number of ether oxygens (including phenoxy) is 4. The van der Waals surface area contributed by atoms with Gasteiger partial charge >= 0.3 is 0 Å². The van der Waals surface area contributed by atoms with Gasteiger partial charge in [0.1, 0.15) is 5.78 Å². The zero-order valence-electron chi connectivity index (χ0n) is 14.8. The molecule has 0 atom stereocenters. The van der Waals surface area contributed by atoms with Crippen LogP contribution in [0.4, 0.5) is 0 Å². The van der Waals surface area contributed by atoms with E-state index in [9.17, 15) is 4.79 Å². The van der Waals surface area contributed by atoms with E-state index in [-0.39, 0.29) is 12.7 Å². The molecule has 0 aliphatic heterocycles. The van der Waals surface area contributed by atoms with E-state index in [1.807, 2.05) is 0 Å². The molecular weight excluding hydrogens is 311 g/mol. The van der Waals surface area contributed by atoms with Crippen molar-refractivity contribution in [3.05, 3.63) is 0 Å². The Hall–Kier alpha value is -0.905. The van der Waals surface area contributed by atoms with Crippen molar-refractivity contribution < 1.29 is 28.8 Å². The Morgan fingerprint density at radius 3 is 1.92 bits per heavy atom. The van der Waals surface area contributed by atoms with Crippen LogP contribution in [0.25, 0.3) is 0 Å². The molecule has 6 nitrogen and oxygen atoms in total. The standard InChI is InChI=1S/C17H31BO6/c1-3-4-6-17(19)7-10-22-12-14-24-16-15-23-13-11-21-9-5-8-18(2)20/h1,20H,4-16H2,2H3. The van der Waals surface area contributed by atoms with E-state index in [0.29, 0.717) is 72.1 Å². The molecule has 0 radical (unpaired) electrons. The fraction of sp³-hybridized carbons (Fsp3) is 0.824. The Morgan fingerprint density at radius 1 is 0.917 bits per heavy atom. The van der Waals surface area contributed by atoms with Crippen molar-refractivity contribution in [1.29, 1.82) is 0 Å². The van der Waals surface area contributed by atoms with Crippen molar-refractivity contribution in [1.82, 2.24) is 0 Å². The van der Waals surface area contributed by atoms with Crippen molar-refractivity contribution in [2.45, 2.75) is 38.8 Å². The largest absolute Gasteiger partial charge is 0.451 e. The summed E-state index contributed by atoms with van der Waals surface area (Å²) in [7, 11) is 0. The van der Waals surface area contributed by atoms with Crippen LogP contribution in [0.1, 0.15) is 25.7 Å². The second-order valence-corrected chi connectivity index (χ2v) is 5.43. The first-order chi connectivity index (χ1) is 11.7. The molecule has 24 heavy (non-hydrogen) atoms. The summed E-state index contributed by atoms with van der Waals surface area (Å²) in [6, 6.07) is 0. The van der Waals surface area contributed by atoms with Crippen molar-refractivity contribution >= 4 is 12.7 Å². The molecule has 1 N–H and O–H groups in total. The number of Topliss-reactive ketones (excluding diaryl/α,β-unsaturated/α-hetero) is 1. The van der Waals surface area contributed by atoms with Gasteiger partial charge in [-0.25, -0.2) is 0 Å². The first-order valence-electron chi connectivity index (χ1n) is 8.61. The normalized spacial score (nSPS) is 10.5. The van der Waals surface area contributed by atoms with E-state index < -0.39 is 0 Å². The highest BCUT2D eigenvalue weighted by Crippen LogP contribution is 1.95. The summed E-state index contributed by atoms with van der Waals surface area (Å²) >= 11 is 0. The first-order valence-corrected chi connectivity index (χ1v) is 8.61. The summed E-state index contributed by atoms with van der Waals surface area (Å²) in [5.74, 6) is 2.58. The average Bonchev–Trinajstić information content (AvgIpc) is 2.56. The van der Waals surface area contributed by atoms with Crippen LogP contribution < -0.4 is 0 Å². The number of carbonyl (C=O) groups excluding carboxylic acids is 1. The fourth-order valence-corrected chi connectivity index (χ4v) is 1.77. The van der Waals surface area contributed by atoms with E-state index in [1.165, 1.54) is 0 Å². The molecular formula is C17H31BO6. The molecule has 0 rings (SSSR count). The third kappa shape index (κ3) is 19.1. The molecule has 0 unspecified atom stereocenters. The molecule has 0 aromatic rings. The van der Waals surface area contributed by atoms with Crippen LogP contribution in [0.3, 0.4) is 0 Å². The minimum Gasteiger partial charge on any atom is -0.451 e. The van der Waals surface area contributed by atoms with Gasteiger partial charge in [-0.2, -0.15) is 0 Å². The maximum Gasteiger partial charge on any atom is 0.285 e. The highest BCUT2D eigenvalue weighted by atomic mass is 16.6. The summed E-state index contributed by atoms with van der Waals surface area (Å²) in [5, 5.41) is 9.07. The second-order valence-electron chi connectivity index (χ2n) is 5.43. The SMILES string of the molecule is C#CCCC(=O)CCOCCOCCOCCOCCCB(C)O. The Kier molecular flexibility index (Phi) is 17.7. The molecule has 0 aliphatic carbocycles. The molecule has 0 saturated carbocycles. The molecule has 7 heteroatoms. The molecule has 0 bridgehead atoms. The number of hydrogen-bond acceptors (Lipinski definition) is 6. The number of carbonyl (C=O) groups is 1. The van der Waals surface area contributed by atoms with E-state index in [2.05, 4.69) is 5.92 Å². The van der Waals surface area contributed by atoms with Gasteiger partial charge in [-0.3, -0.25) is 4.79 Å². The van der Waals surface area contributed by atoms with Crippen molar-refractivity contribution in [2.75, 3.05) is 52.9 Å². The van der Waals surface area contributed by atoms with Crippen molar-refractivity contribution in [2.24, 2.45) is 0 Å². The van der Waals surface area contributed by atoms with E-state index >= 15 is 0 Å². The summed E-state index contributed by atoms with van der Waals surface area (Å²) < 4.78 is 21.4. The van der Waals surface area contributed by atoms with E-state index in [4.69, 9.17) is 30.4 Å². The molecule has 0 aliphatic rings. The van der Waals surface area contributed by atoms with Crippen LogP contribution in [0.15, 0.2) is 0 Å². The molecule has 0 saturated heterocycles. The quantitative estimate of drug-likeness (QED) is 0.231. The highest BCUT2D eigenvalue weighted by molar-refractivity contribution is 6.48. The molecule has 0 heterocycles. The van der Waals surface area contributed by atoms with Crippen molar-refractivity contribution in [3.63, 3.8) is 0 Å². The average molecular weight is 342 g/mol. The lowest BCUT2D eigenvalue weighted by molar-refractivity contribution is -0.120. The van der Waals surface area contributed by atoms with Crippen LogP contribution >= 0.6 is 0 Å². The number of ketones is 1. The van der Waals surface area contributed by atoms with E-state index in [0.717, 1.165) is 12.7 Å². The molecule has 0 aromatic heterocycles. The maximum absolute atomic E-state index is 11.3. The molecule has 0 spiro atoms. The summed E-state index contributed by atoms with van der Waals surface area (Å²) in [5.41, 5.74) is 0. The van der Waals surface area contributed by atoms with Crippen LogP contribution in [0.2, 0.25) is 13.1 Å². The van der Waals surface area contributed by atoms with Gasteiger partial charge in [-0.15, -0.1) is 12.3 Å². The van der Waals surface area contributed by atoms with Gasteiger partial charge in [0.2, 0.25) is 0 Å². The Morgan fingerprint density at radius 2 is 1.42 bits per heavy atom. The topological polar surface area (TPSA) is 74.2 Å². The fourth-order valence-electron chi connectivity index (χ4n) is 1.77. The van der Waals surface area contributed by atoms with Crippen LogP contribution in [-0.4, -0.2) is 70.6 Å². The number of terminal acetylenes is 1. The van der Waals surface area contributed by atoms with Gasteiger partial charge < -0.3 is 24.0 Å². The third-order valence-corrected chi connectivity index (χ3v) is 3.10. The maximum atomic E-state index is 11.3. The Labute approximate surface area is 146 Å². The van der Waals surface area contributed by atoms with Gasteiger partial charge in [0.05, 0.1) is 46.2 Å². The highest BCUT2D eigenvalue weighted by Gasteiger charge is 2.01. The van der Waals surface area contributed by atoms with Gasteiger partial charge in [-0.05, 0) is 12.7 Å². The predicted molar refractivity (Wildman–Crippen MR) is 94.2 cm³/mol. The lowest BCUT2D eigenvalue weighted by Crippen LogP contribution is -2.13. The summed E-state index contributed by atoms with van der Waals surface area (Å²) in [6.45, 7) is 5.63. The van der Waals surface area contributed by atoms with E-state index in [1.54, 1.807) is 6.82 Å². The second kappa shape index (κ2) is 18.4. The molecule has 0 aromatic carbocycles. The number of rotatable bonds is 18. The predicted octanol–water partition coefficient (Wildman–Crippen LogP) is 1.43.